The van der Waals surface area contributed by atoms with Gasteiger partial charge in [0.1, 0.15) is 0 Å². The molecule has 4 heterocycles. The molecule has 43 heavy (non-hydrogen) atoms. The van der Waals surface area contributed by atoms with Gasteiger partial charge in [0.25, 0.3) is 0 Å². The number of nitrogens with zero attached hydrogens (tertiary/aromatic N) is 7. The molecule has 1 amide bonds. The predicted molar refractivity (Wildman–Crippen MR) is 153 cm³/mol. The number of hydrogen-bond donors (Lipinski definition) is 1. The molecule has 0 atom stereocenters. The maximum atomic E-state index is 13.7. The van der Waals surface area contributed by atoms with E-state index in [4.69, 9.17) is 4.74 Å². The zero-order chi connectivity index (χ0) is 30.1. The van der Waals surface area contributed by atoms with Gasteiger partial charge in [-0.05, 0) is 60.5 Å². The smallest absolute Gasteiger partial charge is 0.379 e. The maximum absolute atomic E-state index is 13.7. The topological polar surface area (TPSA) is 113 Å². The summed E-state index contributed by atoms with van der Waals surface area (Å²) in [5.41, 5.74) is 3.31. The minimum Gasteiger partial charge on any atom is -0.379 e. The summed E-state index contributed by atoms with van der Waals surface area (Å²) in [6.07, 6.45) is -1.22. The number of nitriles is 1. The van der Waals surface area contributed by atoms with Crippen molar-refractivity contribution in [2.24, 2.45) is 0 Å². The van der Waals surface area contributed by atoms with Gasteiger partial charge >= 0.3 is 6.18 Å². The number of rotatable bonds is 6. The van der Waals surface area contributed by atoms with E-state index in [2.05, 4.69) is 26.6 Å². The highest BCUT2D eigenvalue weighted by Gasteiger charge is 2.31. The molecule has 0 saturated carbocycles. The van der Waals surface area contributed by atoms with Crippen molar-refractivity contribution < 1.29 is 24.1 Å². The van der Waals surface area contributed by atoms with Gasteiger partial charge in [-0.1, -0.05) is 12.1 Å². The van der Waals surface area contributed by atoms with Crippen molar-refractivity contribution in [3.8, 4) is 34.1 Å². The third-order valence-corrected chi connectivity index (χ3v) is 7.25. The predicted octanol–water partition coefficient (Wildman–Crippen LogP) is 4.96. The molecule has 1 aliphatic heterocycles. The van der Waals surface area contributed by atoms with Crippen LogP contribution in [0.2, 0.25) is 0 Å². The zero-order valence-electron chi connectivity index (χ0n) is 23.0. The van der Waals surface area contributed by atoms with Crippen LogP contribution < -0.4 is 5.32 Å². The number of ether oxygens (including phenoxy) is 1. The maximum Gasteiger partial charge on any atom is 0.416 e. The molecule has 10 nitrogen and oxygen atoms in total. The fourth-order valence-electron chi connectivity index (χ4n) is 5.13. The van der Waals surface area contributed by atoms with Crippen LogP contribution in [0.3, 0.4) is 0 Å². The summed E-state index contributed by atoms with van der Waals surface area (Å²) >= 11 is 0. The second kappa shape index (κ2) is 11.3. The first-order valence-electron chi connectivity index (χ1n) is 13.4. The summed E-state index contributed by atoms with van der Waals surface area (Å²) in [6, 6.07) is 15.8. The molecular weight excluding hydrogens is 561 g/mol. The van der Waals surface area contributed by atoms with E-state index in [1.54, 1.807) is 60.4 Å². The van der Waals surface area contributed by atoms with Crippen LogP contribution >= 0.6 is 0 Å². The number of hydrogen-bond acceptors (Lipinski definition) is 7. The van der Waals surface area contributed by atoms with Gasteiger partial charge in [-0.3, -0.25) is 15.0 Å². The molecule has 0 bridgehead atoms. The Morgan fingerprint density at radius 3 is 2.63 bits per heavy atom. The van der Waals surface area contributed by atoms with Crippen LogP contribution in [0.1, 0.15) is 18.1 Å². The van der Waals surface area contributed by atoms with Crippen molar-refractivity contribution >= 4 is 17.5 Å². The highest BCUT2D eigenvalue weighted by atomic mass is 19.4. The lowest BCUT2D eigenvalue weighted by molar-refractivity contribution is -0.137. The van der Waals surface area contributed by atoms with E-state index >= 15 is 0 Å². The molecule has 3 aromatic heterocycles. The SMILES string of the molecule is Cc1c(-c2ccnn2-c2ccc(C#N)cc2)cn2nc(NC(=O)CN3CCOCC3)nc2c1-c1cccc(C(F)(F)F)c1.[HH]. The van der Waals surface area contributed by atoms with Gasteiger partial charge in [-0.15, -0.1) is 5.10 Å². The first-order chi connectivity index (χ1) is 20.7. The Balaban J connectivity index is 0.00000384. The van der Waals surface area contributed by atoms with Crippen molar-refractivity contribution in [1.82, 2.24) is 29.3 Å². The Hall–Kier alpha value is -5.06. The summed E-state index contributed by atoms with van der Waals surface area (Å²) in [5.74, 6) is -0.280. The number of amides is 1. The highest BCUT2D eigenvalue weighted by Crippen LogP contribution is 2.38. The van der Waals surface area contributed by atoms with Crippen molar-refractivity contribution in [3.05, 3.63) is 83.7 Å². The molecule has 1 saturated heterocycles. The van der Waals surface area contributed by atoms with E-state index in [-0.39, 0.29) is 25.5 Å². The van der Waals surface area contributed by atoms with E-state index in [1.165, 1.54) is 10.6 Å². The number of halogens is 3. The molecular formula is C30H27F3N8O2. The van der Waals surface area contributed by atoms with Gasteiger partial charge in [0.05, 0.1) is 54.5 Å². The number of benzene rings is 2. The Bertz CT molecular complexity index is 1860. The van der Waals surface area contributed by atoms with Crippen LogP contribution in [0.25, 0.3) is 33.7 Å². The van der Waals surface area contributed by atoms with Gasteiger partial charge in [-0.25, -0.2) is 9.20 Å². The van der Waals surface area contributed by atoms with Crippen molar-refractivity contribution in [3.63, 3.8) is 0 Å². The standard InChI is InChI=1S/C30H25F3N8O2.H2/c1-19-24(25-9-10-35-41(25)23-7-5-20(16-34)6-8-23)17-40-28(27(19)21-3-2-4-22(15-21)30(31,32)33)37-29(38-40)36-26(42)18-39-11-13-43-14-12-39;/h2-10,15,17H,11-14,18H2,1H3,(H,36,38,42);1H. The van der Waals surface area contributed by atoms with Crippen LogP contribution in [0.4, 0.5) is 19.1 Å². The highest BCUT2D eigenvalue weighted by molar-refractivity contribution is 5.92. The van der Waals surface area contributed by atoms with Gasteiger partial charge in [0, 0.05) is 31.8 Å². The Labute approximate surface area is 245 Å². The first-order valence-corrected chi connectivity index (χ1v) is 13.4. The van der Waals surface area contributed by atoms with E-state index in [9.17, 15) is 23.2 Å². The number of anilines is 1. The quantitative estimate of drug-likeness (QED) is 0.298. The zero-order valence-corrected chi connectivity index (χ0v) is 23.0. The average Bonchev–Trinajstić information content (AvgIpc) is 3.64. The molecule has 2 aromatic carbocycles. The molecule has 0 aliphatic carbocycles. The largest absolute Gasteiger partial charge is 0.416 e. The molecule has 0 radical (unpaired) electrons. The lowest BCUT2D eigenvalue weighted by Crippen LogP contribution is -2.41. The summed E-state index contributed by atoms with van der Waals surface area (Å²) in [5, 5.41) is 20.9. The van der Waals surface area contributed by atoms with E-state index in [0.717, 1.165) is 12.1 Å². The Morgan fingerprint density at radius 2 is 1.91 bits per heavy atom. The van der Waals surface area contributed by atoms with Crippen LogP contribution in [-0.4, -0.2) is 68.0 Å². The second-order valence-corrected chi connectivity index (χ2v) is 10.0. The molecule has 0 unspecified atom stereocenters. The summed E-state index contributed by atoms with van der Waals surface area (Å²) in [7, 11) is 0. The molecule has 0 spiro atoms. The molecule has 1 fully saturated rings. The van der Waals surface area contributed by atoms with Crippen molar-refractivity contribution in [1.29, 1.82) is 5.26 Å². The molecule has 220 valence electrons. The molecule has 6 rings (SSSR count). The Morgan fingerprint density at radius 1 is 1.14 bits per heavy atom. The van der Waals surface area contributed by atoms with E-state index in [1.807, 2.05) is 4.90 Å². The van der Waals surface area contributed by atoms with Crippen molar-refractivity contribution in [2.75, 3.05) is 38.2 Å². The first kappa shape index (κ1) is 28.1. The fourth-order valence-corrected chi connectivity index (χ4v) is 5.13. The average molecular weight is 589 g/mol. The van der Waals surface area contributed by atoms with Crippen LogP contribution in [0.5, 0.6) is 0 Å². The summed E-state index contributed by atoms with van der Waals surface area (Å²) in [4.78, 5) is 19.3. The third-order valence-electron chi connectivity index (χ3n) is 7.25. The fraction of sp³-hybridized carbons (Fsp3) is 0.233. The van der Waals surface area contributed by atoms with Gasteiger partial charge in [0.15, 0.2) is 5.65 Å². The molecule has 13 heteroatoms. The van der Waals surface area contributed by atoms with Crippen LogP contribution in [0.15, 0.2) is 67.0 Å². The van der Waals surface area contributed by atoms with Gasteiger partial charge < -0.3 is 4.74 Å². The molecule has 1 aliphatic rings. The number of alkyl halides is 3. The van der Waals surface area contributed by atoms with Gasteiger partial charge in [-0.2, -0.15) is 28.5 Å². The minimum absolute atomic E-state index is 0. The normalized spacial score (nSPS) is 14.1. The number of carbonyl (C=O) groups excluding carboxylic acids is 1. The lowest BCUT2D eigenvalue weighted by Gasteiger charge is -2.25. The van der Waals surface area contributed by atoms with Crippen LogP contribution in [0, 0.1) is 18.3 Å². The number of fused-ring (bicyclic) bond motifs is 1. The number of aromatic nitrogens is 5. The monoisotopic (exact) mass is 588 g/mol. The minimum atomic E-state index is -4.54. The third kappa shape index (κ3) is 5.70. The van der Waals surface area contributed by atoms with E-state index in [0.29, 0.717) is 65.5 Å². The second-order valence-electron chi connectivity index (χ2n) is 10.0. The van der Waals surface area contributed by atoms with Gasteiger partial charge in [0.2, 0.25) is 11.9 Å². The van der Waals surface area contributed by atoms with E-state index < -0.39 is 11.7 Å². The summed E-state index contributed by atoms with van der Waals surface area (Å²) in [6.45, 7) is 4.27. The number of morpholine rings is 1. The lowest BCUT2D eigenvalue weighted by atomic mass is 9.95. The molecule has 1 N–H and O–H groups in total. The number of carbonyl (C=O) groups is 1. The summed E-state index contributed by atoms with van der Waals surface area (Å²) < 4.78 is 49.6. The molecule has 5 aromatic rings. The van der Waals surface area contributed by atoms with Crippen molar-refractivity contribution in [2.45, 2.75) is 13.1 Å². The van der Waals surface area contributed by atoms with Crippen LogP contribution in [-0.2, 0) is 15.7 Å². The number of pyridine rings is 1. The number of nitrogens with one attached hydrogen (secondary N) is 1. The Kier molecular flexibility index (Phi) is 7.39.